The molecule has 0 unspecified atom stereocenters. The molecule has 8 nitrogen and oxygen atoms in total. The SMILES string of the molecule is CC(C)c1cc(-c2n[nH]c(=O)n2-c2ccc(CN3CCN(C(C)C)CC3)cc2)c(O)cc1O. The lowest BCUT2D eigenvalue weighted by Crippen LogP contribution is -2.48. The van der Waals surface area contributed by atoms with Crippen LogP contribution in [0.25, 0.3) is 17.1 Å². The molecule has 4 rings (SSSR count). The summed E-state index contributed by atoms with van der Waals surface area (Å²) in [6.07, 6.45) is 0. The van der Waals surface area contributed by atoms with Crippen molar-refractivity contribution in [3.8, 4) is 28.6 Å². The number of piperazine rings is 1. The summed E-state index contributed by atoms with van der Waals surface area (Å²) in [5.41, 5.74) is 2.53. The van der Waals surface area contributed by atoms with Crippen LogP contribution in [-0.4, -0.2) is 67.0 Å². The van der Waals surface area contributed by atoms with Crippen molar-refractivity contribution in [1.82, 2.24) is 24.6 Å². The van der Waals surface area contributed by atoms with Crippen LogP contribution < -0.4 is 5.69 Å². The minimum atomic E-state index is -0.388. The zero-order valence-electron chi connectivity index (χ0n) is 19.7. The molecule has 2 heterocycles. The van der Waals surface area contributed by atoms with Crippen molar-refractivity contribution in [3.63, 3.8) is 0 Å². The fraction of sp³-hybridized carbons (Fsp3) is 0.440. The van der Waals surface area contributed by atoms with E-state index in [9.17, 15) is 15.0 Å². The van der Waals surface area contributed by atoms with E-state index in [4.69, 9.17) is 0 Å². The third kappa shape index (κ3) is 4.82. The van der Waals surface area contributed by atoms with E-state index in [2.05, 4.69) is 33.8 Å². The number of nitrogens with one attached hydrogen (secondary N) is 1. The highest BCUT2D eigenvalue weighted by molar-refractivity contribution is 5.69. The Balaban J connectivity index is 1.58. The maximum atomic E-state index is 12.6. The van der Waals surface area contributed by atoms with Crippen molar-refractivity contribution < 1.29 is 10.2 Å². The molecule has 1 aromatic heterocycles. The number of rotatable bonds is 6. The minimum Gasteiger partial charge on any atom is -0.508 e. The van der Waals surface area contributed by atoms with Gasteiger partial charge in [0.1, 0.15) is 11.5 Å². The number of hydrogen-bond donors (Lipinski definition) is 3. The van der Waals surface area contributed by atoms with E-state index in [-0.39, 0.29) is 23.1 Å². The summed E-state index contributed by atoms with van der Waals surface area (Å²) in [6.45, 7) is 13.5. The first-order valence-corrected chi connectivity index (χ1v) is 11.5. The number of H-pyrrole nitrogens is 1. The van der Waals surface area contributed by atoms with Gasteiger partial charge in [0.05, 0.1) is 11.3 Å². The highest BCUT2D eigenvalue weighted by Crippen LogP contribution is 2.37. The second kappa shape index (κ2) is 9.41. The Hall–Kier alpha value is -3.10. The van der Waals surface area contributed by atoms with Crippen LogP contribution in [0.15, 0.2) is 41.2 Å². The van der Waals surface area contributed by atoms with Crippen LogP contribution in [0, 0.1) is 0 Å². The number of benzene rings is 2. The second-order valence-electron chi connectivity index (χ2n) is 9.34. The molecular weight excluding hydrogens is 418 g/mol. The Morgan fingerprint density at radius 3 is 2.24 bits per heavy atom. The van der Waals surface area contributed by atoms with Crippen molar-refractivity contribution in [2.45, 2.75) is 46.2 Å². The smallest absolute Gasteiger partial charge is 0.348 e. The van der Waals surface area contributed by atoms with Crippen LogP contribution >= 0.6 is 0 Å². The Kier molecular flexibility index (Phi) is 6.58. The summed E-state index contributed by atoms with van der Waals surface area (Å²) in [5.74, 6) is 0.241. The standard InChI is InChI=1S/C25H33N5O3/c1-16(2)20-13-21(23(32)14-22(20)31)24-26-27-25(33)30(24)19-7-5-18(6-8-19)15-28-9-11-29(12-10-28)17(3)4/h5-8,13-14,16-17,31-32H,9-12,15H2,1-4H3,(H,27,33). The van der Waals surface area contributed by atoms with Gasteiger partial charge in [0.2, 0.25) is 0 Å². The lowest BCUT2D eigenvalue weighted by molar-refractivity contribution is 0.104. The Bertz CT molecular complexity index is 1160. The molecule has 1 aliphatic heterocycles. The van der Waals surface area contributed by atoms with E-state index in [0.717, 1.165) is 32.7 Å². The highest BCUT2D eigenvalue weighted by Gasteiger charge is 2.21. The maximum Gasteiger partial charge on any atom is 0.348 e. The first kappa shape index (κ1) is 23.1. The zero-order valence-corrected chi connectivity index (χ0v) is 19.7. The quantitative estimate of drug-likeness (QED) is 0.532. The van der Waals surface area contributed by atoms with E-state index in [1.807, 2.05) is 38.1 Å². The fourth-order valence-corrected chi connectivity index (χ4v) is 4.40. The van der Waals surface area contributed by atoms with E-state index < -0.39 is 0 Å². The number of aromatic amines is 1. The number of phenolic OH excluding ortho intramolecular Hbond substituents is 2. The molecule has 2 aromatic carbocycles. The van der Waals surface area contributed by atoms with Crippen LogP contribution in [-0.2, 0) is 6.54 Å². The topological polar surface area (TPSA) is 97.6 Å². The van der Waals surface area contributed by atoms with Crippen LogP contribution in [0.5, 0.6) is 11.5 Å². The average molecular weight is 452 g/mol. The molecule has 0 saturated carbocycles. The van der Waals surface area contributed by atoms with Gasteiger partial charge in [-0.25, -0.2) is 14.5 Å². The summed E-state index contributed by atoms with van der Waals surface area (Å²) in [5, 5.41) is 27.3. The lowest BCUT2D eigenvalue weighted by Gasteiger charge is -2.36. The first-order chi connectivity index (χ1) is 15.7. The Morgan fingerprint density at radius 1 is 0.970 bits per heavy atom. The molecule has 0 bridgehead atoms. The van der Waals surface area contributed by atoms with Crippen molar-refractivity contribution in [3.05, 3.63) is 58.0 Å². The van der Waals surface area contributed by atoms with E-state index in [1.165, 1.54) is 16.2 Å². The average Bonchev–Trinajstić information content (AvgIpc) is 3.15. The molecule has 0 aliphatic carbocycles. The van der Waals surface area contributed by atoms with Gasteiger partial charge in [-0.2, -0.15) is 5.10 Å². The molecule has 0 spiro atoms. The van der Waals surface area contributed by atoms with Gasteiger partial charge in [-0.3, -0.25) is 9.80 Å². The third-order valence-electron chi connectivity index (χ3n) is 6.42. The molecule has 3 N–H and O–H groups in total. The van der Waals surface area contributed by atoms with Gasteiger partial charge in [0, 0.05) is 44.8 Å². The Labute approximate surface area is 194 Å². The predicted molar refractivity (Wildman–Crippen MR) is 129 cm³/mol. The largest absolute Gasteiger partial charge is 0.508 e. The molecule has 3 aromatic rings. The first-order valence-electron chi connectivity index (χ1n) is 11.5. The van der Waals surface area contributed by atoms with Crippen molar-refractivity contribution in [2.24, 2.45) is 0 Å². The van der Waals surface area contributed by atoms with Crippen LogP contribution in [0.3, 0.4) is 0 Å². The Morgan fingerprint density at radius 2 is 1.64 bits per heavy atom. The second-order valence-corrected chi connectivity index (χ2v) is 9.34. The molecule has 0 radical (unpaired) electrons. The summed E-state index contributed by atoms with van der Waals surface area (Å²) >= 11 is 0. The zero-order chi connectivity index (χ0) is 23.7. The number of aromatic hydroxyl groups is 2. The van der Waals surface area contributed by atoms with Crippen molar-refractivity contribution in [1.29, 1.82) is 0 Å². The molecule has 1 saturated heterocycles. The van der Waals surface area contributed by atoms with E-state index in [1.54, 1.807) is 6.07 Å². The minimum absolute atomic E-state index is 0.0225. The number of nitrogens with zero attached hydrogens (tertiary/aromatic N) is 4. The van der Waals surface area contributed by atoms with Crippen LogP contribution in [0.1, 0.15) is 44.7 Å². The van der Waals surface area contributed by atoms with E-state index in [0.29, 0.717) is 28.7 Å². The summed E-state index contributed by atoms with van der Waals surface area (Å²) in [7, 11) is 0. The summed E-state index contributed by atoms with van der Waals surface area (Å²) < 4.78 is 1.45. The van der Waals surface area contributed by atoms with Crippen LogP contribution in [0.4, 0.5) is 0 Å². The highest BCUT2D eigenvalue weighted by atomic mass is 16.3. The van der Waals surface area contributed by atoms with Crippen LogP contribution in [0.2, 0.25) is 0 Å². The number of hydrogen-bond acceptors (Lipinski definition) is 6. The van der Waals surface area contributed by atoms with Gasteiger partial charge in [-0.15, -0.1) is 0 Å². The third-order valence-corrected chi connectivity index (χ3v) is 6.42. The predicted octanol–water partition coefficient (Wildman–Crippen LogP) is 3.29. The van der Waals surface area contributed by atoms with Crippen molar-refractivity contribution in [2.75, 3.05) is 26.2 Å². The maximum absolute atomic E-state index is 12.6. The lowest BCUT2D eigenvalue weighted by atomic mass is 9.98. The summed E-state index contributed by atoms with van der Waals surface area (Å²) in [4.78, 5) is 17.5. The number of aromatic nitrogens is 3. The number of phenols is 2. The van der Waals surface area contributed by atoms with Gasteiger partial charge < -0.3 is 10.2 Å². The van der Waals surface area contributed by atoms with Crippen molar-refractivity contribution >= 4 is 0 Å². The molecule has 1 fully saturated rings. The van der Waals surface area contributed by atoms with E-state index >= 15 is 0 Å². The molecular formula is C25H33N5O3. The van der Waals surface area contributed by atoms with Gasteiger partial charge in [-0.05, 0) is 49.1 Å². The monoisotopic (exact) mass is 451 g/mol. The fourth-order valence-electron chi connectivity index (χ4n) is 4.40. The molecule has 1 aliphatic rings. The molecule has 8 heteroatoms. The molecule has 0 atom stereocenters. The van der Waals surface area contributed by atoms with Gasteiger partial charge in [0.15, 0.2) is 5.82 Å². The molecule has 0 amide bonds. The molecule has 33 heavy (non-hydrogen) atoms. The molecule has 176 valence electrons. The van der Waals surface area contributed by atoms with Gasteiger partial charge >= 0.3 is 5.69 Å². The van der Waals surface area contributed by atoms with Gasteiger partial charge in [0.25, 0.3) is 0 Å². The van der Waals surface area contributed by atoms with Gasteiger partial charge in [-0.1, -0.05) is 26.0 Å². The summed E-state index contributed by atoms with van der Waals surface area (Å²) in [6, 6.07) is 11.4. The normalized spacial score (nSPS) is 15.6.